The highest BCUT2D eigenvalue weighted by molar-refractivity contribution is 5.81. The Balaban J connectivity index is 2.06. The first-order valence-electron chi connectivity index (χ1n) is 5.70. The first-order valence-corrected chi connectivity index (χ1v) is 5.70. The molecule has 108 valence electrons. The number of aliphatic hydroxyl groups excluding tert-OH is 2. The summed E-state index contributed by atoms with van der Waals surface area (Å²) in [5, 5.41) is 18.6. The molecule has 20 heavy (non-hydrogen) atoms. The van der Waals surface area contributed by atoms with Gasteiger partial charge in [-0.05, 0) is 0 Å². The molecule has 1 saturated heterocycles. The zero-order valence-electron chi connectivity index (χ0n) is 10.0. The lowest BCUT2D eigenvalue weighted by molar-refractivity contribution is -0.195. The molecule has 1 fully saturated rings. The smallest absolute Gasteiger partial charge is 0.268 e. The largest absolute Gasteiger partial charge is 0.390 e. The molecule has 0 spiro atoms. The van der Waals surface area contributed by atoms with Crippen molar-refractivity contribution in [1.29, 1.82) is 0 Å². The van der Waals surface area contributed by atoms with Crippen molar-refractivity contribution in [1.82, 2.24) is 19.5 Å². The molecular weight excluding hydrogens is 276 g/mol. The van der Waals surface area contributed by atoms with Crippen LogP contribution in [0.25, 0.3) is 11.2 Å². The minimum absolute atomic E-state index is 0.0895. The van der Waals surface area contributed by atoms with Crippen LogP contribution < -0.4 is 5.73 Å². The third kappa shape index (κ3) is 1.65. The van der Waals surface area contributed by atoms with Crippen molar-refractivity contribution in [2.75, 3.05) is 12.3 Å². The normalized spacial score (nSPS) is 33.9. The van der Waals surface area contributed by atoms with Crippen molar-refractivity contribution in [3.8, 4) is 0 Å². The Morgan fingerprint density at radius 1 is 1.45 bits per heavy atom. The highest BCUT2D eigenvalue weighted by Crippen LogP contribution is 2.40. The van der Waals surface area contributed by atoms with Gasteiger partial charge < -0.3 is 20.7 Å². The lowest BCUT2D eigenvalue weighted by atomic mass is 10.1. The van der Waals surface area contributed by atoms with Crippen LogP contribution in [-0.2, 0) is 4.74 Å². The van der Waals surface area contributed by atoms with Gasteiger partial charge in [-0.1, -0.05) is 0 Å². The molecule has 0 radical (unpaired) electrons. The molecular formula is C10H11F2N5O3. The third-order valence-electron chi connectivity index (χ3n) is 3.20. The van der Waals surface area contributed by atoms with Crippen LogP contribution in [-0.4, -0.2) is 54.5 Å². The number of nitrogen functional groups attached to an aromatic ring is 1. The van der Waals surface area contributed by atoms with Gasteiger partial charge in [0, 0.05) is 0 Å². The number of aromatic nitrogens is 4. The fraction of sp³-hybridized carbons (Fsp3) is 0.500. The molecule has 4 unspecified atom stereocenters. The van der Waals surface area contributed by atoms with Gasteiger partial charge in [-0.3, -0.25) is 4.57 Å². The van der Waals surface area contributed by atoms with Gasteiger partial charge in [-0.15, -0.1) is 0 Å². The van der Waals surface area contributed by atoms with E-state index in [1.807, 2.05) is 0 Å². The Labute approximate surface area is 110 Å². The van der Waals surface area contributed by atoms with Crippen molar-refractivity contribution in [2.45, 2.75) is 24.4 Å². The number of nitrogens with two attached hydrogens (primary N) is 1. The molecule has 0 amide bonds. The van der Waals surface area contributed by atoms with Gasteiger partial charge >= 0.3 is 0 Å². The number of alkyl halides is 2. The molecule has 4 N–H and O–H groups in total. The second-order valence-corrected chi connectivity index (χ2v) is 4.43. The second kappa shape index (κ2) is 4.30. The monoisotopic (exact) mass is 287 g/mol. The van der Waals surface area contributed by atoms with Crippen LogP contribution in [0.15, 0.2) is 12.7 Å². The molecule has 4 atom stereocenters. The maximum absolute atomic E-state index is 13.9. The molecule has 0 aromatic carbocycles. The molecule has 2 aromatic heterocycles. The Morgan fingerprint density at radius 3 is 2.85 bits per heavy atom. The Bertz CT molecular complexity index is 653. The summed E-state index contributed by atoms with van der Waals surface area (Å²) in [7, 11) is 0. The van der Waals surface area contributed by atoms with Crippen LogP contribution in [0.2, 0.25) is 0 Å². The molecule has 1 aliphatic rings. The van der Waals surface area contributed by atoms with Gasteiger partial charge in [-0.25, -0.2) is 23.7 Å². The van der Waals surface area contributed by atoms with Crippen LogP contribution in [0.1, 0.15) is 6.23 Å². The summed E-state index contributed by atoms with van der Waals surface area (Å²) in [6, 6.07) is 0. The van der Waals surface area contributed by atoms with Crippen LogP contribution in [0, 0.1) is 0 Å². The summed E-state index contributed by atoms with van der Waals surface area (Å²) in [5.74, 6) is -2.88. The summed E-state index contributed by atoms with van der Waals surface area (Å²) >= 11 is 0. The van der Waals surface area contributed by atoms with Crippen LogP contribution in [0.5, 0.6) is 0 Å². The number of aliphatic hydroxyl groups is 2. The Hall–Kier alpha value is -1.91. The summed E-state index contributed by atoms with van der Waals surface area (Å²) in [6.45, 7) is -1.22. The van der Waals surface area contributed by atoms with E-state index in [1.165, 1.54) is 6.33 Å². The average Bonchev–Trinajstić information content (AvgIpc) is 2.96. The molecule has 0 bridgehead atoms. The van der Waals surface area contributed by atoms with Gasteiger partial charge in [0.2, 0.25) is 0 Å². The number of hydrogen-bond donors (Lipinski definition) is 3. The molecule has 3 rings (SSSR count). The number of anilines is 1. The quantitative estimate of drug-likeness (QED) is 0.667. The van der Waals surface area contributed by atoms with E-state index in [0.717, 1.165) is 10.9 Å². The summed E-state index contributed by atoms with van der Waals surface area (Å²) in [4.78, 5) is 11.5. The number of imidazole rings is 1. The predicted octanol–water partition coefficient (Wildman–Crippen LogP) is -0.706. The molecule has 1 aliphatic heterocycles. The van der Waals surface area contributed by atoms with Gasteiger partial charge in [0.25, 0.3) is 5.85 Å². The van der Waals surface area contributed by atoms with Gasteiger partial charge in [0.15, 0.2) is 23.9 Å². The predicted molar refractivity (Wildman–Crippen MR) is 61.7 cm³/mol. The first-order chi connectivity index (χ1) is 9.48. The van der Waals surface area contributed by atoms with E-state index in [0.29, 0.717) is 0 Å². The van der Waals surface area contributed by atoms with E-state index in [4.69, 9.17) is 15.6 Å². The number of nitrogens with zero attached hydrogens (tertiary/aromatic N) is 4. The van der Waals surface area contributed by atoms with E-state index >= 15 is 0 Å². The number of hydrogen-bond acceptors (Lipinski definition) is 7. The maximum atomic E-state index is 13.9. The highest BCUT2D eigenvalue weighted by atomic mass is 19.2. The van der Waals surface area contributed by atoms with Crippen LogP contribution >= 0.6 is 0 Å². The topological polar surface area (TPSA) is 119 Å². The summed E-state index contributed by atoms with van der Waals surface area (Å²) in [6.07, 6.45) is -3.30. The van der Waals surface area contributed by atoms with Crippen LogP contribution in [0.4, 0.5) is 14.6 Å². The van der Waals surface area contributed by atoms with Gasteiger partial charge in [0.05, 0.1) is 6.33 Å². The van der Waals surface area contributed by atoms with E-state index < -0.39 is 31.0 Å². The van der Waals surface area contributed by atoms with Crippen molar-refractivity contribution in [2.24, 2.45) is 0 Å². The fourth-order valence-electron chi connectivity index (χ4n) is 2.14. The molecule has 8 nitrogen and oxygen atoms in total. The van der Waals surface area contributed by atoms with Crippen molar-refractivity contribution < 1.29 is 23.7 Å². The van der Waals surface area contributed by atoms with E-state index in [-0.39, 0.29) is 17.0 Å². The third-order valence-corrected chi connectivity index (χ3v) is 3.20. The average molecular weight is 287 g/mol. The lowest BCUT2D eigenvalue weighted by Crippen LogP contribution is -2.39. The summed E-state index contributed by atoms with van der Waals surface area (Å²) in [5.41, 5.74) is 5.98. The number of halogens is 2. The highest BCUT2D eigenvalue weighted by Gasteiger charge is 2.57. The maximum Gasteiger partial charge on any atom is 0.268 e. The molecule has 10 heteroatoms. The number of ether oxygens (including phenoxy) is 1. The molecule has 2 aromatic rings. The second-order valence-electron chi connectivity index (χ2n) is 4.43. The Kier molecular flexibility index (Phi) is 2.81. The molecule has 0 aliphatic carbocycles. The van der Waals surface area contributed by atoms with E-state index in [1.54, 1.807) is 0 Å². The van der Waals surface area contributed by atoms with Crippen LogP contribution in [0.3, 0.4) is 0 Å². The van der Waals surface area contributed by atoms with Gasteiger partial charge in [-0.2, -0.15) is 0 Å². The minimum atomic E-state index is -2.97. The number of fused-ring (bicyclic) bond motifs is 1. The lowest BCUT2D eigenvalue weighted by Gasteiger charge is -2.18. The molecule has 0 saturated carbocycles. The van der Waals surface area contributed by atoms with Crippen molar-refractivity contribution in [3.05, 3.63) is 12.7 Å². The minimum Gasteiger partial charge on any atom is -0.390 e. The SMILES string of the molecule is Nc1ncnc2c1ncn2C1OC(F)(CO)C(F)C1O. The van der Waals surface area contributed by atoms with E-state index in [2.05, 4.69) is 15.0 Å². The fourth-order valence-corrected chi connectivity index (χ4v) is 2.14. The zero-order valence-corrected chi connectivity index (χ0v) is 10.0. The zero-order chi connectivity index (χ0) is 14.5. The Morgan fingerprint density at radius 2 is 2.20 bits per heavy atom. The summed E-state index contributed by atoms with van der Waals surface area (Å²) < 4.78 is 33.5. The molecule has 3 heterocycles. The van der Waals surface area contributed by atoms with Crippen molar-refractivity contribution >= 4 is 17.0 Å². The van der Waals surface area contributed by atoms with Gasteiger partial charge in [0.1, 0.15) is 24.6 Å². The van der Waals surface area contributed by atoms with E-state index in [9.17, 15) is 13.9 Å². The van der Waals surface area contributed by atoms with Crippen molar-refractivity contribution in [3.63, 3.8) is 0 Å². The first kappa shape index (κ1) is 13.1. The number of rotatable bonds is 2. The standard InChI is InChI=1S/C10H11F2N5O3/c11-6-5(19)9(20-10(6,12)1-18)17-3-16-4-7(13)14-2-15-8(4)17/h2-3,5-6,9,18-19H,1H2,(H2,13,14,15).